The fourth-order valence-corrected chi connectivity index (χ4v) is 1.59. The molecule has 1 unspecified atom stereocenters. The predicted molar refractivity (Wildman–Crippen MR) is 61.8 cm³/mol. The van der Waals surface area contributed by atoms with Crippen LogP contribution in [0.4, 0.5) is 0 Å². The third-order valence-electron chi connectivity index (χ3n) is 2.45. The van der Waals surface area contributed by atoms with Crippen molar-refractivity contribution >= 4 is 0 Å². The van der Waals surface area contributed by atoms with Gasteiger partial charge in [0, 0.05) is 5.56 Å². The number of rotatable bonds is 2. The zero-order chi connectivity index (χ0) is 11.7. The van der Waals surface area contributed by atoms with Crippen molar-refractivity contribution in [3.8, 4) is 11.4 Å². The average Bonchev–Trinajstić information content (AvgIpc) is 2.66. The van der Waals surface area contributed by atoms with Gasteiger partial charge in [0.1, 0.15) is 0 Å². The summed E-state index contributed by atoms with van der Waals surface area (Å²) in [5.74, 6) is 1.07. The number of aryl methyl sites for hydroxylation is 2. The summed E-state index contributed by atoms with van der Waals surface area (Å²) in [4.78, 5) is 4.27. The minimum absolute atomic E-state index is 0.230. The lowest BCUT2D eigenvalue weighted by atomic mass is 10.1. The van der Waals surface area contributed by atoms with E-state index in [2.05, 4.69) is 23.1 Å². The van der Waals surface area contributed by atoms with E-state index in [0.717, 1.165) is 11.1 Å². The van der Waals surface area contributed by atoms with Crippen molar-refractivity contribution in [2.24, 2.45) is 5.73 Å². The van der Waals surface area contributed by atoms with Gasteiger partial charge in [0.15, 0.2) is 0 Å². The molecule has 2 rings (SSSR count). The van der Waals surface area contributed by atoms with Crippen molar-refractivity contribution in [1.29, 1.82) is 0 Å². The van der Waals surface area contributed by atoms with Crippen molar-refractivity contribution in [2.75, 3.05) is 0 Å². The number of hydrogen-bond donors (Lipinski definition) is 1. The molecule has 1 aromatic heterocycles. The summed E-state index contributed by atoms with van der Waals surface area (Å²) in [6.45, 7) is 5.91. The van der Waals surface area contributed by atoms with Crippen LogP contribution in [0.15, 0.2) is 22.7 Å². The Balaban J connectivity index is 2.42. The summed E-state index contributed by atoms with van der Waals surface area (Å²) in [5.41, 5.74) is 9.01. The van der Waals surface area contributed by atoms with Crippen molar-refractivity contribution in [1.82, 2.24) is 10.1 Å². The zero-order valence-corrected chi connectivity index (χ0v) is 9.69. The van der Waals surface area contributed by atoms with Crippen molar-refractivity contribution in [2.45, 2.75) is 26.8 Å². The minimum atomic E-state index is -0.230. The van der Waals surface area contributed by atoms with E-state index in [9.17, 15) is 0 Å². The molecule has 2 aromatic rings. The summed E-state index contributed by atoms with van der Waals surface area (Å²) >= 11 is 0. The van der Waals surface area contributed by atoms with Crippen molar-refractivity contribution < 1.29 is 4.52 Å². The molecule has 4 heteroatoms. The summed E-state index contributed by atoms with van der Waals surface area (Å²) in [7, 11) is 0. The van der Waals surface area contributed by atoms with Crippen LogP contribution >= 0.6 is 0 Å². The fraction of sp³-hybridized carbons (Fsp3) is 0.333. The normalized spacial score (nSPS) is 12.8. The molecule has 0 radical (unpaired) electrons. The van der Waals surface area contributed by atoms with Crippen LogP contribution in [0, 0.1) is 13.8 Å². The molecule has 1 aromatic carbocycles. The van der Waals surface area contributed by atoms with Crippen LogP contribution in [-0.4, -0.2) is 10.1 Å². The van der Waals surface area contributed by atoms with Crippen molar-refractivity contribution in [3.05, 3.63) is 35.2 Å². The van der Waals surface area contributed by atoms with E-state index >= 15 is 0 Å². The Morgan fingerprint density at radius 1 is 1.31 bits per heavy atom. The molecule has 0 aliphatic carbocycles. The van der Waals surface area contributed by atoms with Crippen LogP contribution in [0.2, 0.25) is 0 Å². The second-order valence-electron chi connectivity index (χ2n) is 4.06. The Bertz CT molecular complexity index is 503. The first-order valence-corrected chi connectivity index (χ1v) is 5.24. The van der Waals surface area contributed by atoms with Gasteiger partial charge < -0.3 is 10.3 Å². The highest BCUT2D eigenvalue weighted by molar-refractivity contribution is 5.59. The average molecular weight is 217 g/mol. The maximum Gasteiger partial charge on any atom is 0.243 e. The molecule has 2 N–H and O–H groups in total. The molecule has 1 heterocycles. The summed E-state index contributed by atoms with van der Waals surface area (Å²) in [5, 5.41) is 3.93. The zero-order valence-electron chi connectivity index (χ0n) is 9.69. The smallest absolute Gasteiger partial charge is 0.243 e. The van der Waals surface area contributed by atoms with E-state index in [4.69, 9.17) is 10.3 Å². The third kappa shape index (κ3) is 1.97. The molecule has 0 saturated carbocycles. The van der Waals surface area contributed by atoms with E-state index in [1.54, 1.807) is 0 Å². The highest BCUT2D eigenvalue weighted by Crippen LogP contribution is 2.22. The van der Waals surface area contributed by atoms with E-state index in [0.29, 0.717) is 11.7 Å². The number of benzene rings is 1. The molecule has 0 aliphatic heterocycles. The summed E-state index contributed by atoms with van der Waals surface area (Å²) < 4.78 is 5.08. The van der Waals surface area contributed by atoms with Crippen LogP contribution in [0.1, 0.15) is 30.0 Å². The Kier molecular flexibility index (Phi) is 2.75. The molecular weight excluding hydrogens is 202 g/mol. The van der Waals surface area contributed by atoms with Gasteiger partial charge in [0.05, 0.1) is 6.04 Å². The number of nitrogens with two attached hydrogens (primary N) is 1. The van der Waals surface area contributed by atoms with E-state index in [1.165, 1.54) is 5.56 Å². The summed E-state index contributed by atoms with van der Waals surface area (Å²) in [6, 6.07) is 5.90. The van der Waals surface area contributed by atoms with Gasteiger partial charge in [-0.3, -0.25) is 0 Å². The predicted octanol–water partition coefficient (Wildman–Crippen LogP) is 2.37. The maximum atomic E-state index is 5.67. The second-order valence-corrected chi connectivity index (χ2v) is 4.06. The van der Waals surface area contributed by atoms with Crippen LogP contribution in [0.25, 0.3) is 11.4 Å². The number of nitrogens with zero attached hydrogens (tertiary/aromatic N) is 2. The lowest BCUT2D eigenvalue weighted by Gasteiger charge is -2.01. The van der Waals surface area contributed by atoms with Gasteiger partial charge >= 0.3 is 0 Å². The third-order valence-corrected chi connectivity index (χ3v) is 2.45. The largest absolute Gasteiger partial charge is 0.337 e. The van der Waals surface area contributed by atoms with Crippen LogP contribution in [-0.2, 0) is 0 Å². The Morgan fingerprint density at radius 2 is 2.06 bits per heavy atom. The van der Waals surface area contributed by atoms with E-state index < -0.39 is 0 Å². The Hall–Kier alpha value is -1.68. The molecule has 4 nitrogen and oxygen atoms in total. The summed E-state index contributed by atoms with van der Waals surface area (Å²) in [6.07, 6.45) is 0. The molecule has 0 spiro atoms. The highest BCUT2D eigenvalue weighted by atomic mass is 16.5. The molecule has 84 valence electrons. The second kappa shape index (κ2) is 4.06. The van der Waals surface area contributed by atoms with Gasteiger partial charge in [-0.1, -0.05) is 28.9 Å². The minimum Gasteiger partial charge on any atom is -0.337 e. The fourth-order valence-electron chi connectivity index (χ4n) is 1.59. The first-order valence-electron chi connectivity index (χ1n) is 5.24. The van der Waals surface area contributed by atoms with E-state index in [1.807, 2.05) is 26.0 Å². The lowest BCUT2D eigenvalue weighted by molar-refractivity contribution is 0.362. The Labute approximate surface area is 94.5 Å². The molecule has 0 fully saturated rings. The SMILES string of the molecule is Cc1ccc(-c2noc(C(C)N)n2)c(C)c1. The standard InChI is InChI=1S/C12H15N3O/c1-7-4-5-10(8(2)6-7)11-14-12(9(3)13)16-15-11/h4-6,9H,13H2,1-3H3. The topological polar surface area (TPSA) is 64.9 Å². The quantitative estimate of drug-likeness (QED) is 0.838. The lowest BCUT2D eigenvalue weighted by Crippen LogP contribution is -2.04. The van der Waals surface area contributed by atoms with Gasteiger partial charge in [-0.25, -0.2) is 0 Å². The van der Waals surface area contributed by atoms with Crippen molar-refractivity contribution in [3.63, 3.8) is 0 Å². The van der Waals surface area contributed by atoms with Crippen LogP contribution in [0.3, 0.4) is 0 Å². The Morgan fingerprint density at radius 3 is 2.62 bits per heavy atom. The van der Waals surface area contributed by atoms with Gasteiger partial charge in [0.2, 0.25) is 11.7 Å². The first-order chi connectivity index (χ1) is 7.58. The molecular formula is C12H15N3O. The first kappa shape index (κ1) is 10.8. The van der Waals surface area contributed by atoms with Gasteiger partial charge in [0.25, 0.3) is 0 Å². The van der Waals surface area contributed by atoms with Gasteiger partial charge in [-0.15, -0.1) is 0 Å². The molecule has 16 heavy (non-hydrogen) atoms. The molecule has 0 aliphatic rings. The van der Waals surface area contributed by atoms with Gasteiger partial charge in [-0.05, 0) is 26.3 Å². The van der Waals surface area contributed by atoms with Gasteiger partial charge in [-0.2, -0.15) is 4.98 Å². The molecule has 1 atom stereocenters. The highest BCUT2D eigenvalue weighted by Gasteiger charge is 2.13. The molecule has 0 bridgehead atoms. The molecule has 0 saturated heterocycles. The van der Waals surface area contributed by atoms with Crippen LogP contribution in [0.5, 0.6) is 0 Å². The maximum absolute atomic E-state index is 5.67. The van der Waals surface area contributed by atoms with Crippen LogP contribution < -0.4 is 5.73 Å². The molecule has 0 amide bonds. The number of hydrogen-bond acceptors (Lipinski definition) is 4. The monoisotopic (exact) mass is 217 g/mol. The number of aromatic nitrogens is 2. The van der Waals surface area contributed by atoms with E-state index in [-0.39, 0.29) is 6.04 Å².